The molecular weight excluding hydrogens is 502 g/mol. The molecule has 0 aliphatic carbocycles. The normalized spacial score (nSPS) is 12.3. The predicted molar refractivity (Wildman–Crippen MR) is 148 cm³/mol. The molecule has 0 saturated carbocycles. The highest BCUT2D eigenvalue weighted by Crippen LogP contribution is 2.24. The predicted octanol–water partition coefficient (Wildman–Crippen LogP) is 4.22. The Labute approximate surface area is 225 Å². The molecule has 3 aromatic rings. The van der Waals surface area contributed by atoms with Crippen LogP contribution in [0.2, 0.25) is 0 Å². The van der Waals surface area contributed by atoms with Crippen molar-refractivity contribution in [3.63, 3.8) is 0 Å². The van der Waals surface area contributed by atoms with Gasteiger partial charge >= 0.3 is 0 Å². The van der Waals surface area contributed by atoms with Gasteiger partial charge in [-0.3, -0.25) is 13.9 Å². The highest BCUT2D eigenvalue weighted by Gasteiger charge is 2.33. The van der Waals surface area contributed by atoms with Crippen molar-refractivity contribution in [2.24, 2.45) is 0 Å². The quantitative estimate of drug-likeness (QED) is 0.418. The molecular formula is C29H35N3O5S. The minimum atomic E-state index is -4.07. The van der Waals surface area contributed by atoms with Crippen molar-refractivity contribution >= 4 is 27.5 Å². The van der Waals surface area contributed by atoms with Gasteiger partial charge in [0.2, 0.25) is 11.8 Å². The summed E-state index contributed by atoms with van der Waals surface area (Å²) in [4.78, 5) is 28.4. The fraction of sp³-hybridized carbons (Fsp3) is 0.310. The number of nitrogens with one attached hydrogen (secondary N) is 1. The summed E-state index contributed by atoms with van der Waals surface area (Å²) < 4.78 is 33.7. The van der Waals surface area contributed by atoms with Gasteiger partial charge in [0.15, 0.2) is 0 Å². The highest BCUT2D eigenvalue weighted by atomic mass is 32.2. The van der Waals surface area contributed by atoms with Crippen LogP contribution in [0, 0.1) is 0 Å². The molecule has 0 bridgehead atoms. The number of carbonyl (C=O) groups is 2. The minimum absolute atomic E-state index is 0.0666. The number of ether oxygens (including phenoxy) is 1. The van der Waals surface area contributed by atoms with E-state index in [1.165, 1.54) is 17.0 Å². The number of nitrogens with zero attached hydrogens (tertiary/aromatic N) is 2. The maximum atomic E-state index is 13.9. The van der Waals surface area contributed by atoms with E-state index >= 15 is 0 Å². The molecule has 0 heterocycles. The summed E-state index contributed by atoms with van der Waals surface area (Å²) >= 11 is 0. The van der Waals surface area contributed by atoms with Crippen molar-refractivity contribution in [3.8, 4) is 5.75 Å². The lowest BCUT2D eigenvalue weighted by Gasteiger charge is -2.33. The molecule has 0 saturated heterocycles. The standard InChI is InChI=1S/C29H35N3O5S/c1-22(28(34)30-29(2,3)4)31(20-23-16-18-25(37-5)19-17-23)27(33)21-32(24-12-8-6-9-13-24)38(35,36)26-14-10-7-11-15-26/h6-19,22H,20-21H2,1-5H3,(H,30,34)/t22-/m1/s1. The van der Waals surface area contributed by atoms with Gasteiger partial charge in [0.1, 0.15) is 18.3 Å². The van der Waals surface area contributed by atoms with Crippen LogP contribution < -0.4 is 14.4 Å². The first-order valence-corrected chi connectivity index (χ1v) is 13.7. The number of methoxy groups -OCH3 is 1. The second kappa shape index (κ2) is 12.1. The molecule has 3 aromatic carbocycles. The van der Waals surface area contributed by atoms with Crippen LogP contribution in [0.15, 0.2) is 89.8 Å². The van der Waals surface area contributed by atoms with E-state index in [0.29, 0.717) is 11.4 Å². The van der Waals surface area contributed by atoms with Gasteiger partial charge in [-0.2, -0.15) is 0 Å². The lowest BCUT2D eigenvalue weighted by atomic mass is 10.1. The molecule has 38 heavy (non-hydrogen) atoms. The van der Waals surface area contributed by atoms with E-state index in [1.807, 2.05) is 32.9 Å². The van der Waals surface area contributed by atoms with E-state index in [4.69, 9.17) is 4.74 Å². The lowest BCUT2D eigenvalue weighted by Crippen LogP contribution is -2.54. The van der Waals surface area contributed by atoms with Crippen LogP contribution in [0.1, 0.15) is 33.3 Å². The summed E-state index contributed by atoms with van der Waals surface area (Å²) in [5.74, 6) is -0.188. The Morgan fingerprint density at radius 1 is 0.895 bits per heavy atom. The summed E-state index contributed by atoms with van der Waals surface area (Å²) in [7, 11) is -2.51. The fourth-order valence-electron chi connectivity index (χ4n) is 3.83. The third-order valence-electron chi connectivity index (χ3n) is 5.83. The maximum Gasteiger partial charge on any atom is 0.264 e. The molecule has 0 fully saturated rings. The van der Waals surface area contributed by atoms with Crippen molar-refractivity contribution < 1.29 is 22.7 Å². The summed E-state index contributed by atoms with van der Waals surface area (Å²) in [5, 5.41) is 2.91. The molecule has 2 amide bonds. The van der Waals surface area contributed by atoms with Crippen LogP contribution in [0.25, 0.3) is 0 Å². The average Bonchev–Trinajstić information content (AvgIpc) is 2.90. The zero-order valence-electron chi connectivity index (χ0n) is 22.4. The van der Waals surface area contributed by atoms with Gasteiger partial charge in [0.05, 0.1) is 17.7 Å². The molecule has 202 valence electrons. The number of amides is 2. The number of hydrogen-bond donors (Lipinski definition) is 1. The number of para-hydroxylation sites is 1. The van der Waals surface area contributed by atoms with E-state index < -0.39 is 34.1 Å². The van der Waals surface area contributed by atoms with Crippen LogP contribution in [-0.2, 0) is 26.2 Å². The Morgan fingerprint density at radius 3 is 1.97 bits per heavy atom. The third kappa shape index (κ3) is 7.35. The average molecular weight is 538 g/mol. The van der Waals surface area contributed by atoms with Crippen LogP contribution in [0.5, 0.6) is 5.75 Å². The van der Waals surface area contributed by atoms with E-state index in [1.54, 1.807) is 74.7 Å². The van der Waals surface area contributed by atoms with Crippen LogP contribution in [-0.4, -0.2) is 50.4 Å². The van der Waals surface area contributed by atoms with E-state index in [0.717, 1.165) is 9.87 Å². The molecule has 1 atom stereocenters. The number of hydrogen-bond acceptors (Lipinski definition) is 5. The first-order valence-electron chi connectivity index (χ1n) is 12.3. The Bertz CT molecular complexity index is 1320. The number of sulfonamides is 1. The van der Waals surface area contributed by atoms with E-state index in [-0.39, 0.29) is 17.3 Å². The molecule has 1 N–H and O–H groups in total. The van der Waals surface area contributed by atoms with Crippen molar-refractivity contribution in [1.29, 1.82) is 0 Å². The second-order valence-electron chi connectivity index (χ2n) is 9.95. The summed E-state index contributed by atoms with van der Waals surface area (Å²) in [6.07, 6.45) is 0. The lowest BCUT2D eigenvalue weighted by molar-refractivity contribution is -0.140. The zero-order valence-corrected chi connectivity index (χ0v) is 23.2. The van der Waals surface area contributed by atoms with Crippen molar-refractivity contribution in [2.75, 3.05) is 18.0 Å². The Hall–Kier alpha value is -3.85. The number of rotatable bonds is 10. The summed E-state index contributed by atoms with van der Waals surface area (Å²) in [6, 6.07) is 22.7. The van der Waals surface area contributed by atoms with E-state index in [2.05, 4.69) is 5.32 Å². The zero-order chi connectivity index (χ0) is 27.9. The van der Waals surface area contributed by atoms with Gasteiger partial charge in [0, 0.05) is 12.1 Å². The van der Waals surface area contributed by atoms with Crippen molar-refractivity contribution in [3.05, 3.63) is 90.5 Å². The number of benzene rings is 3. The third-order valence-corrected chi connectivity index (χ3v) is 7.62. The summed E-state index contributed by atoms with van der Waals surface area (Å²) in [5.41, 5.74) is 0.611. The van der Waals surface area contributed by atoms with Crippen molar-refractivity contribution in [2.45, 2.75) is 50.7 Å². The molecule has 0 aromatic heterocycles. The summed E-state index contributed by atoms with van der Waals surface area (Å²) in [6.45, 7) is 6.84. The maximum absolute atomic E-state index is 13.9. The van der Waals surface area contributed by atoms with Gasteiger partial charge in [-0.25, -0.2) is 8.42 Å². The Kier molecular flexibility index (Phi) is 9.17. The van der Waals surface area contributed by atoms with Gasteiger partial charge < -0.3 is 15.0 Å². The monoisotopic (exact) mass is 537 g/mol. The van der Waals surface area contributed by atoms with Gasteiger partial charge in [-0.15, -0.1) is 0 Å². The van der Waals surface area contributed by atoms with Crippen LogP contribution >= 0.6 is 0 Å². The SMILES string of the molecule is COc1ccc(CN(C(=O)CN(c2ccccc2)S(=O)(=O)c2ccccc2)[C@H](C)C(=O)NC(C)(C)C)cc1. The molecule has 8 nitrogen and oxygen atoms in total. The van der Waals surface area contributed by atoms with Crippen LogP contribution in [0.4, 0.5) is 5.69 Å². The highest BCUT2D eigenvalue weighted by molar-refractivity contribution is 7.92. The number of anilines is 1. The van der Waals surface area contributed by atoms with Crippen molar-refractivity contribution in [1.82, 2.24) is 10.2 Å². The topological polar surface area (TPSA) is 96.0 Å². The molecule has 9 heteroatoms. The van der Waals surface area contributed by atoms with Gasteiger partial charge in [-0.1, -0.05) is 48.5 Å². The molecule has 0 aliphatic heterocycles. The minimum Gasteiger partial charge on any atom is -0.497 e. The second-order valence-corrected chi connectivity index (χ2v) is 11.8. The van der Waals surface area contributed by atoms with Gasteiger partial charge in [0.25, 0.3) is 10.0 Å². The van der Waals surface area contributed by atoms with Gasteiger partial charge in [-0.05, 0) is 69.7 Å². The first kappa shape index (κ1) is 28.7. The number of carbonyl (C=O) groups excluding carboxylic acids is 2. The largest absolute Gasteiger partial charge is 0.497 e. The Morgan fingerprint density at radius 2 is 1.45 bits per heavy atom. The Balaban J connectivity index is 1.99. The molecule has 0 aliphatic rings. The molecule has 0 radical (unpaired) electrons. The first-order chi connectivity index (χ1) is 17.9. The van der Waals surface area contributed by atoms with Crippen LogP contribution in [0.3, 0.4) is 0 Å². The molecule has 3 rings (SSSR count). The molecule has 0 unspecified atom stereocenters. The molecule has 0 spiro atoms. The smallest absolute Gasteiger partial charge is 0.264 e. The fourth-order valence-corrected chi connectivity index (χ4v) is 5.26. The van der Waals surface area contributed by atoms with E-state index in [9.17, 15) is 18.0 Å².